The van der Waals surface area contributed by atoms with Crippen molar-refractivity contribution in [2.45, 2.75) is 50.5 Å². The molecule has 18 heavy (non-hydrogen) atoms. The topological polar surface area (TPSA) is 22.1 Å². The van der Waals surface area contributed by atoms with Crippen LogP contribution in [0.25, 0.3) is 0 Å². The number of aryl methyl sites for hydroxylation is 1. The van der Waals surface area contributed by atoms with Crippen LogP contribution in [0.2, 0.25) is 0 Å². The van der Waals surface area contributed by atoms with Gasteiger partial charge in [-0.3, -0.25) is 4.98 Å². The van der Waals surface area contributed by atoms with Gasteiger partial charge < -0.3 is 4.74 Å². The molecule has 1 aromatic rings. The quantitative estimate of drug-likeness (QED) is 0.743. The number of ether oxygens (including phenoxy) is 1. The van der Waals surface area contributed by atoms with Crippen molar-refractivity contribution < 1.29 is 4.74 Å². The molecule has 100 valence electrons. The minimum absolute atomic E-state index is 0.524. The zero-order valence-electron chi connectivity index (χ0n) is 11.2. The summed E-state index contributed by atoms with van der Waals surface area (Å²) in [4.78, 5) is 5.00. The van der Waals surface area contributed by atoms with Gasteiger partial charge in [-0.2, -0.15) is 0 Å². The molecule has 1 heterocycles. The van der Waals surface area contributed by atoms with Crippen LogP contribution in [0.15, 0.2) is 18.3 Å². The van der Waals surface area contributed by atoms with Crippen LogP contribution in [0.4, 0.5) is 0 Å². The smallest absolute Gasteiger partial charge is 0.0580 e. The van der Waals surface area contributed by atoms with Crippen LogP contribution in [-0.4, -0.2) is 22.5 Å². The molecule has 1 aliphatic carbocycles. The summed E-state index contributed by atoms with van der Waals surface area (Å²) in [6.07, 6.45) is 7.14. The van der Waals surface area contributed by atoms with Crippen LogP contribution in [-0.2, 0) is 11.2 Å². The molecule has 0 aliphatic heterocycles. The summed E-state index contributed by atoms with van der Waals surface area (Å²) in [6, 6.07) is 4.14. The molecule has 3 heteroatoms. The van der Waals surface area contributed by atoms with Gasteiger partial charge in [-0.05, 0) is 50.7 Å². The predicted octanol–water partition coefficient (Wildman–Crippen LogP) is 3.90. The normalized spacial score (nSPS) is 24.6. The highest BCUT2D eigenvalue weighted by Gasteiger charge is 2.30. The van der Waals surface area contributed by atoms with Gasteiger partial charge in [0.05, 0.1) is 6.10 Å². The molecular weight excluding hydrogens is 290 g/mol. The van der Waals surface area contributed by atoms with Crippen molar-refractivity contribution in [3.63, 3.8) is 0 Å². The van der Waals surface area contributed by atoms with Gasteiger partial charge in [-0.25, -0.2) is 0 Å². The molecule has 0 N–H and O–H groups in total. The Balaban J connectivity index is 1.73. The Labute approximate surface area is 118 Å². The molecule has 0 aromatic carbocycles. The Hall–Kier alpha value is -0.410. The maximum Gasteiger partial charge on any atom is 0.0580 e. The second-order valence-electron chi connectivity index (χ2n) is 5.22. The summed E-state index contributed by atoms with van der Waals surface area (Å²) in [7, 11) is 0. The molecular formula is C15H22BrNO. The second-order valence-corrected chi connectivity index (χ2v) is 6.51. The van der Waals surface area contributed by atoms with Gasteiger partial charge in [-0.1, -0.05) is 22.0 Å². The first-order chi connectivity index (χ1) is 8.69. The molecule has 1 saturated carbocycles. The van der Waals surface area contributed by atoms with Crippen molar-refractivity contribution in [1.29, 1.82) is 0 Å². The van der Waals surface area contributed by atoms with E-state index in [1.54, 1.807) is 0 Å². The van der Waals surface area contributed by atoms with Crippen LogP contribution in [0.1, 0.15) is 37.4 Å². The van der Waals surface area contributed by atoms with Crippen molar-refractivity contribution in [2.24, 2.45) is 5.92 Å². The molecule has 0 spiro atoms. The number of alkyl halides is 1. The lowest BCUT2D eigenvalue weighted by molar-refractivity contribution is -0.0264. The molecule has 0 amide bonds. The Morgan fingerprint density at radius 2 is 2.28 bits per heavy atom. The predicted molar refractivity (Wildman–Crippen MR) is 78.1 cm³/mol. The van der Waals surface area contributed by atoms with E-state index in [4.69, 9.17) is 4.74 Å². The van der Waals surface area contributed by atoms with Gasteiger partial charge >= 0.3 is 0 Å². The molecule has 1 unspecified atom stereocenters. The largest absolute Gasteiger partial charge is 0.378 e. The molecule has 2 nitrogen and oxygen atoms in total. The second kappa shape index (κ2) is 6.67. The van der Waals surface area contributed by atoms with Crippen LogP contribution in [0.5, 0.6) is 0 Å². The highest BCUT2D eigenvalue weighted by Crippen LogP contribution is 2.35. The summed E-state index contributed by atoms with van der Waals surface area (Å²) < 4.78 is 5.60. The highest BCUT2D eigenvalue weighted by atomic mass is 79.9. The third-order valence-electron chi connectivity index (χ3n) is 3.72. The van der Waals surface area contributed by atoms with Gasteiger partial charge in [-0.15, -0.1) is 0 Å². The molecule has 1 aromatic heterocycles. The number of hydrogen-bond donors (Lipinski definition) is 0. The van der Waals surface area contributed by atoms with Gasteiger partial charge in [0.25, 0.3) is 0 Å². The van der Waals surface area contributed by atoms with E-state index in [-0.39, 0.29) is 0 Å². The minimum Gasteiger partial charge on any atom is -0.378 e. The van der Waals surface area contributed by atoms with E-state index in [9.17, 15) is 0 Å². The fourth-order valence-electron chi connectivity index (χ4n) is 2.63. The number of rotatable bonds is 6. The Kier molecular flexibility index (Phi) is 5.19. The molecule has 1 aliphatic rings. The Morgan fingerprint density at radius 1 is 1.50 bits per heavy atom. The first-order valence-corrected chi connectivity index (χ1v) is 7.76. The van der Waals surface area contributed by atoms with E-state index in [0.29, 0.717) is 10.9 Å². The van der Waals surface area contributed by atoms with Crippen molar-refractivity contribution in [3.05, 3.63) is 29.6 Å². The van der Waals surface area contributed by atoms with Crippen LogP contribution >= 0.6 is 15.9 Å². The number of aromatic nitrogens is 1. The van der Waals surface area contributed by atoms with E-state index in [2.05, 4.69) is 40.8 Å². The number of halogens is 1. The average molecular weight is 312 g/mol. The lowest BCUT2D eigenvalue weighted by Gasteiger charge is -2.36. The van der Waals surface area contributed by atoms with E-state index < -0.39 is 0 Å². The summed E-state index contributed by atoms with van der Waals surface area (Å²) in [5.74, 6) is 0.829. The maximum absolute atomic E-state index is 5.60. The average Bonchev–Trinajstić information content (AvgIpc) is 2.29. The number of nitrogens with zero attached hydrogens (tertiary/aromatic N) is 1. The molecule has 1 atom stereocenters. The number of hydrogen-bond acceptors (Lipinski definition) is 2. The zero-order chi connectivity index (χ0) is 13.0. The summed E-state index contributed by atoms with van der Waals surface area (Å²) in [6.45, 7) is 5.06. The van der Waals surface area contributed by atoms with E-state index in [0.717, 1.165) is 18.9 Å². The summed E-state index contributed by atoms with van der Waals surface area (Å²) >= 11 is 3.80. The van der Waals surface area contributed by atoms with Crippen molar-refractivity contribution in [3.8, 4) is 0 Å². The van der Waals surface area contributed by atoms with E-state index in [1.807, 2.05) is 12.3 Å². The molecule has 0 radical (unpaired) electrons. The first kappa shape index (κ1) is 14.0. The van der Waals surface area contributed by atoms with E-state index >= 15 is 0 Å². The molecule has 2 rings (SSSR count). The van der Waals surface area contributed by atoms with Crippen molar-refractivity contribution in [2.75, 3.05) is 6.61 Å². The van der Waals surface area contributed by atoms with Crippen molar-refractivity contribution >= 4 is 15.9 Å². The van der Waals surface area contributed by atoms with Gasteiger partial charge in [0, 0.05) is 29.7 Å². The minimum atomic E-state index is 0.524. The third kappa shape index (κ3) is 3.79. The molecule has 1 fully saturated rings. The Morgan fingerprint density at radius 3 is 2.94 bits per heavy atom. The highest BCUT2D eigenvalue weighted by molar-refractivity contribution is 9.09. The van der Waals surface area contributed by atoms with Crippen LogP contribution in [0, 0.1) is 12.8 Å². The summed E-state index contributed by atoms with van der Waals surface area (Å²) in [5, 5.41) is 0. The van der Waals surface area contributed by atoms with E-state index in [1.165, 1.54) is 30.5 Å². The Bertz CT molecular complexity index is 377. The lowest BCUT2D eigenvalue weighted by atomic mass is 9.79. The van der Waals surface area contributed by atoms with Gasteiger partial charge in [0.2, 0.25) is 0 Å². The van der Waals surface area contributed by atoms with Crippen molar-refractivity contribution in [1.82, 2.24) is 4.98 Å². The molecule has 0 bridgehead atoms. The fourth-order valence-corrected chi connectivity index (χ4v) is 3.46. The third-order valence-corrected chi connectivity index (χ3v) is 4.41. The maximum atomic E-state index is 5.60. The van der Waals surface area contributed by atoms with Gasteiger partial charge in [0.1, 0.15) is 0 Å². The standard InChI is InChI=1S/C15H22BrNO/c1-3-18-14-8-12(9-14)7-13(16)10-15-11(2)5-4-6-17-15/h4-6,12-14H,3,7-10H2,1-2H3. The number of pyridine rings is 1. The SMILES string of the molecule is CCOC1CC(CC(Br)Cc2ncccc2C)C1. The van der Waals surface area contributed by atoms with Crippen LogP contribution < -0.4 is 0 Å². The molecule has 0 saturated heterocycles. The van der Waals surface area contributed by atoms with Crippen LogP contribution in [0.3, 0.4) is 0 Å². The zero-order valence-corrected chi connectivity index (χ0v) is 12.8. The first-order valence-electron chi connectivity index (χ1n) is 6.85. The lowest BCUT2D eigenvalue weighted by Crippen LogP contribution is -2.33. The fraction of sp³-hybridized carbons (Fsp3) is 0.667. The summed E-state index contributed by atoms with van der Waals surface area (Å²) in [5.41, 5.74) is 2.52. The van der Waals surface area contributed by atoms with Gasteiger partial charge in [0.15, 0.2) is 0 Å². The monoisotopic (exact) mass is 311 g/mol.